The highest BCUT2D eigenvalue weighted by Gasteiger charge is 2.21. The van der Waals surface area contributed by atoms with Gasteiger partial charge in [-0.15, -0.1) is 23.1 Å². The van der Waals surface area contributed by atoms with Gasteiger partial charge >= 0.3 is 0 Å². The number of thioether (sulfide) groups is 1. The zero-order valence-corrected chi connectivity index (χ0v) is 23.7. The maximum Gasteiger partial charge on any atom is 0.272 e. The molecule has 2 heterocycles. The van der Waals surface area contributed by atoms with E-state index in [1.54, 1.807) is 60.7 Å². The third kappa shape index (κ3) is 7.36. The molecule has 1 aliphatic rings. The van der Waals surface area contributed by atoms with Gasteiger partial charge in [-0.3, -0.25) is 14.4 Å². The smallest absolute Gasteiger partial charge is 0.272 e. The molecule has 1 atom stereocenters. The molecule has 0 saturated heterocycles. The SMILES string of the molecule is CCC(Sc1cccc(NC(=O)/C(=C/c2cccs2)NC(=O)c2ccccc2)c1)C(=O)Nc1ccc2c(c1)OCO2. The fourth-order valence-electron chi connectivity index (χ4n) is 3.99. The van der Waals surface area contributed by atoms with Crippen molar-refractivity contribution in [3.05, 3.63) is 106 Å². The van der Waals surface area contributed by atoms with Gasteiger partial charge in [0, 0.05) is 32.8 Å². The number of thiophene rings is 1. The Bertz CT molecular complexity index is 1570. The van der Waals surface area contributed by atoms with Crippen LogP contribution in [0, 0.1) is 0 Å². The first-order chi connectivity index (χ1) is 20.0. The summed E-state index contributed by atoms with van der Waals surface area (Å²) in [7, 11) is 0. The van der Waals surface area contributed by atoms with Gasteiger partial charge in [-0.1, -0.05) is 37.3 Å². The van der Waals surface area contributed by atoms with E-state index in [1.807, 2.05) is 42.6 Å². The molecule has 1 unspecified atom stereocenters. The molecule has 41 heavy (non-hydrogen) atoms. The van der Waals surface area contributed by atoms with Crippen LogP contribution in [0.15, 0.2) is 101 Å². The Labute approximate surface area is 245 Å². The van der Waals surface area contributed by atoms with E-state index in [1.165, 1.54) is 23.1 Å². The van der Waals surface area contributed by atoms with Crippen molar-refractivity contribution in [1.29, 1.82) is 0 Å². The van der Waals surface area contributed by atoms with E-state index in [4.69, 9.17) is 9.47 Å². The summed E-state index contributed by atoms with van der Waals surface area (Å²) in [5.41, 5.74) is 1.73. The van der Waals surface area contributed by atoms with Crippen molar-refractivity contribution < 1.29 is 23.9 Å². The topological polar surface area (TPSA) is 106 Å². The minimum absolute atomic E-state index is 0.119. The Hall–Kier alpha value is -4.54. The fraction of sp³-hybridized carbons (Fsp3) is 0.129. The molecular formula is C31H27N3O5S2. The molecule has 0 spiro atoms. The summed E-state index contributed by atoms with van der Waals surface area (Å²) in [6.45, 7) is 2.11. The molecule has 1 aliphatic heterocycles. The van der Waals surface area contributed by atoms with E-state index in [-0.39, 0.29) is 29.6 Å². The Morgan fingerprint density at radius 2 is 1.71 bits per heavy atom. The number of fused-ring (bicyclic) bond motifs is 1. The molecule has 0 bridgehead atoms. The van der Waals surface area contributed by atoms with E-state index < -0.39 is 5.91 Å². The van der Waals surface area contributed by atoms with Crippen LogP contribution in [-0.4, -0.2) is 29.8 Å². The Morgan fingerprint density at radius 3 is 2.49 bits per heavy atom. The lowest BCUT2D eigenvalue weighted by atomic mass is 10.2. The Morgan fingerprint density at radius 1 is 0.902 bits per heavy atom. The maximum atomic E-state index is 13.3. The lowest BCUT2D eigenvalue weighted by Gasteiger charge is -2.16. The molecule has 4 aromatic rings. The van der Waals surface area contributed by atoms with E-state index in [2.05, 4.69) is 16.0 Å². The summed E-state index contributed by atoms with van der Waals surface area (Å²) < 4.78 is 10.7. The molecule has 208 valence electrons. The average Bonchev–Trinajstić information content (AvgIpc) is 3.68. The summed E-state index contributed by atoms with van der Waals surface area (Å²) in [6, 6.07) is 25.0. The summed E-state index contributed by atoms with van der Waals surface area (Å²) in [4.78, 5) is 40.8. The minimum atomic E-state index is -0.461. The number of benzene rings is 3. The third-order valence-corrected chi connectivity index (χ3v) is 8.21. The van der Waals surface area contributed by atoms with Crippen LogP contribution in [-0.2, 0) is 9.59 Å². The second kappa shape index (κ2) is 13.2. The van der Waals surface area contributed by atoms with Gasteiger partial charge < -0.3 is 25.4 Å². The number of rotatable bonds is 10. The van der Waals surface area contributed by atoms with Crippen LogP contribution in [0.4, 0.5) is 11.4 Å². The zero-order chi connectivity index (χ0) is 28.6. The Kier molecular flexibility index (Phi) is 9.02. The molecule has 1 aromatic heterocycles. The van der Waals surface area contributed by atoms with Gasteiger partial charge in [0.25, 0.3) is 11.8 Å². The Balaban J connectivity index is 1.26. The van der Waals surface area contributed by atoms with E-state index in [9.17, 15) is 14.4 Å². The van der Waals surface area contributed by atoms with E-state index >= 15 is 0 Å². The van der Waals surface area contributed by atoms with Crippen molar-refractivity contribution in [3.8, 4) is 11.5 Å². The van der Waals surface area contributed by atoms with Crippen molar-refractivity contribution in [2.24, 2.45) is 0 Å². The lowest BCUT2D eigenvalue weighted by Crippen LogP contribution is -2.30. The number of anilines is 2. The van der Waals surface area contributed by atoms with E-state index in [0.717, 1.165) is 9.77 Å². The minimum Gasteiger partial charge on any atom is -0.454 e. The van der Waals surface area contributed by atoms with Crippen molar-refractivity contribution in [2.75, 3.05) is 17.4 Å². The summed E-state index contributed by atoms with van der Waals surface area (Å²) in [6.07, 6.45) is 2.24. The molecule has 3 N–H and O–H groups in total. The normalized spacial score (nSPS) is 12.9. The summed E-state index contributed by atoms with van der Waals surface area (Å²) in [5.74, 6) is 0.260. The first kappa shape index (κ1) is 28.0. The second-order valence-corrected chi connectivity index (χ2v) is 11.2. The van der Waals surface area contributed by atoms with Gasteiger partial charge in [-0.25, -0.2) is 0 Å². The number of hydrogen-bond donors (Lipinski definition) is 3. The highest BCUT2D eigenvalue weighted by atomic mass is 32.2. The highest BCUT2D eigenvalue weighted by Crippen LogP contribution is 2.35. The first-order valence-corrected chi connectivity index (χ1v) is 14.6. The van der Waals surface area contributed by atoms with Crippen LogP contribution in [0.2, 0.25) is 0 Å². The van der Waals surface area contributed by atoms with Crippen molar-refractivity contribution in [2.45, 2.75) is 23.5 Å². The van der Waals surface area contributed by atoms with Crippen LogP contribution in [0.5, 0.6) is 11.5 Å². The van der Waals surface area contributed by atoms with Crippen molar-refractivity contribution in [3.63, 3.8) is 0 Å². The van der Waals surface area contributed by atoms with Crippen LogP contribution in [0.1, 0.15) is 28.6 Å². The molecule has 3 aromatic carbocycles. The number of amides is 3. The molecule has 10 heteroatoms. The monoisotopic (exact) mass is 585 g/mol. The molecule has 0 fully saturated rings. The van der Waals surface area contributed by atoms with Crippen molar-refractivity contribution in [1.82, 2.24) is 5.32 Å². The van der Waals surface area contributed by atoms with Crippen LogP contribution < -0.4 is 25.4 Å². The average molecular weight is 586 g/mol. The van der Waals surface area contributed by atoms with E-state index in [0.29, 0.717) is 34.9 Å². The van der Waals surface area contributed by atoms with Gasteiger partial charge in [0.15, 0.2) is 11.5 Å². The van der Waals surface area contributed by atoms with Gasteiger partial charge in [0.05, 0.1) is 5.25 Å². The molecule has 0 aliphatic carbocycles. The quantitative estimate of drug-likeness (QED) is 0.147. The van der Waals surface area contributed by atoms with Gasteiger partial charge in [-0.2, -0.15) is 0 Å². The molecule has 0 saturated carbocycles. The first-order valence-electron chi connectivity index (χ1n) is 12.9. The standard InChI is InChI=1S/C31H27N3O5S2/c1-2-28(31(37)33-22-13-14-26-27(17-22)39-19-38-26)41-24-11-6-10-21(16-24)32-30(36)25(18-23-12-7-15-40-23)34-29(35)20-8-4-3-5-9-20/h3-18,28H,2,19H2,1H3,(H,32,36)(H,33,37)(H,34,35)/b25-18-. The number of ether oxygens (including phenoxy) is 2. The van der Waals surface area contributed by atoms with Crippen LogP contribution in [0.3, 0.4) is 0 Å². The zero-order valence-electron chi connectivity index (χ0n) is 22.1. The van der Waals surface area contributed by atoms with Gasteiger partial charge in [-0.05, 0) is 66.4 Å². The third-order valence-electron chi connectivity index (χ3n) is 6.03. The van der Waals surface area contributed by atoms with Crippen LogP contribution in [0.25, 0.3) is 6.08 Å². The molecule has 0 radical (unpaired) electrons. The molecule has 3 amide bonds. The molecular weight excluding hydrogens is 558 g/mol. The number of carbonyl (C=O) groups excluding carboxylic acids is 3. The largest absolute Gasteiger partial charge is 0.454 e. The maximum absolute atomic E-state index is 13.3. The molecule has 5 rings (SSSR count). The number of carbonyl (C=O) groups is 3. The highest BCUT2D eigenvalue weighted by molar-refractivity contribution is 8.00. The number of nitrogens with one attached hydrogen (secondary N) is 3. The van der Waals surface area contributed by atoms with Gasteiger partial charge in [0.1, 0.15) is 5.70 Å². The number of hydrogen-bond acceptors (Lipinski definition) is 7. The second-order valence-electron chi connectivity index (χ2n) is 8.95. The van der Waals surface area contributed by atoms with Gasteiger partial charge in [0.2, 0.25) is 12.7 Å². The van der Waals surface area contributed by atoms with Crippen molar-refractivity contribution >= 4 is 58.3 Å². The lowest BCUT2D eigenvalue weighted by molar-refractivity contribution is -0.116. The predicted octanol–water partition coefficient (Wildman–Crippen LogP) is 6.40. The predicted molar refractivity (Wildman–Crippen MR) is 162 cm³/mol. The fourth-order valence-corrected chi connectivity index (χ4v) is 5.66. The molecule has 8 nitrogen and oxygen atoms in total. The summed E-state index contributed by atoms with van der Waals surface area (Å²) >= 11 is 2.86. The van der Waals surface area contributed by atoms with Crippen LogP contribution >= 0.6 is 23.1 Å². The summed E-state index contributed by atoms with van der Waals surface area (Å²) in [5, 5.41) is 10.1.